The van der Waals surface area contributed by atoms with Crippen LogP contribution in [0.4, 0.5) is 0 Å². The minimum Gasteiger partial charge on any atom is -0.482 e. The lowest BCUT2D eigenvalue weighted by Gasteiger charge is -2.32. The van der Waals surface area contributed by atoms with Crippen molar-refractivity contribution in [1.82, 2.24) is 0 Å². The third-order valence-corrected chi connectivity index (χ3v) is 6.19. The second-order valence-electron chi connectivity index (χ2n) is 8.27. The number of carbonyl (C=O) groups excluding carboxylic acids is 1. The van der Waals surface area contributed by atoms with E-state index in [1.165, 1.54) is 5.56 Å². The summed E-state index contributed by atoms with van der Waals surface area (Å²) >= 11 is 0. The average molecular weight is 406 g/mol. The van der Waals surface area contributed by atoms with Gasteiger partial charge in [0.15, 0.2) is 6.61 Å². The molecule has 0 spiro atoms. The van der Waals surface area contributed by atoms with Gasteiger partial charge in [0, 0.05) is 0 Å². The number of carboxylic acid groups (broad SMARTS) is 1. The number of esters is 1. The number of hydrogen-bond acceptors (Lipinski definition) is 6. The lowest BCUT2D eigenvalue weighted by molar-refractivity contribution is -0.148. The highest BCUT2D eigenvalue weighted by Gasteiger charge is 2.44. The first-order chi connectivity index (χ1) is 13.8. The summed E-state index contributed by atoms with van der Waals surface area (Å²) in [5.41, 5.74) is 2.26. The minimum absolute atomic E-state index is 0.167. The summed E-state index contributed by atoms with van der Waals surface area (Å²) in [4.78, 5) is 22.2. The lowest BCUT2D eigenvalue weighted by Crippen LogP contribution is -2.28. The molecular formula is C22H30O7. The largest absolute Gasteiger partial charge is 0.482 e. The van der Waals surface area contributed by atoms with Crippen molar-refractivity contribution < 1.29 is 34.4 Å². The number of aliphatic carboxylic acids is 1. The monoisotopic (exact) mass is 406 g/mol. The van der Waals surface area contributed by atoms with Crippen molar-refractivity contribution in [2.24, 2.45) is 17.8 Å². The molecule has 0 bridgehead atoms. The van der Waals surface area contributed by atoms with Crippen LogP contribution in [0.5, 0.6) is 5.75 Å². The fraction of sp³-hybridized carbons (Fsp3) is 0.636. The molecule has 5 atom stereocenters. The maximum atomic E-state index is 11.8. The molecule has 7 nitrogen and oxygen atoms in total. The number of carbonyl (C=O) groups is 2. The number of fused-ring (bicyclic) bond motifs is 2. The minimum atomic E-state index is -1.02. The van der Waals surface area contributed by atoms with Gasteiger partial charge in [0.1, 0.15) is 12.4 Å². The first kappa shape index (κ1) is 21.6. The van der Waals surface area contributed by atoms with Crippen molar-refractivity contribution in [3.8, 4) is 5.75 Å². The Kier molecular flexibility index (Phi) is 7.14. The summed E-state index contributed by atoms with van der Waals surface area (Å²) in [5, 5.41) is 28.8. The van der Waals surface area contributed by atoms with Gasteiger partial charge in [-0.1, -0.05) is 12.1 Å². The molecule has 0 heterocycles. The van der Waals surface area contributed by atoms with E-state index < -0.39 is 11.9 Å². The van der Waals surface area contributed by atoms with Gasteiger partial charge in [0.2, 0.25) is 0 Å². The van der Waals surface area contributed by atoms with Crippen LogP contribution in [0.2, 0.25) is 0 Å². The third-order valence-electron chi connectivity index (χ3n) is 6.19. The van der Waals surface area contributed by atoms with Gasteiger partial charge >= 0.3 is 11.9 Å². The van der Waals surface area contributed by atoms with Crippen LogP contribution in [-0.2, 0) is 27.2 Å². The Morgan fingerprint density at radius 1 is 1.28 bits per heavy atom. The van der Waals surface area contributed by atoms with E-state index in [1.54, 1.807) is 6.92 Å². The van der Waals surface area contributed by atoms with Gasteiger partial charge in [0.25, 0.3) is 0 Å². The standard InChI is InChI=1S/C22H30O7/c1-13(23)5-6-16-17-9-14-3-2-4-20(18(14)10-15(17)11-19(16)24)29-12-22(27)28-8-7-21(25)26/h2-4,13,15-17,19,23-24H,5-12H2,1H3,(H,25,26)/t13-,15-,16+,17-,19+/m0/s1. The van der Waals surface area contributed by atoms with Gasteiger partial charge in [-0.3, -0.25) is 4.79 Å². The molecule has 0 amide bonds. The summed E-state index contributed by atoms with van der Waals surface area (Å²) in [6.07, 6.45) is 3.01. The van der Waals surface area contributed by atoms with E-state index in [0.717, 1.165) is 31.2 Å². The van der Waals surface area contributed by atoms with E-state index in [2.05, 4.69) is 6.07 Å². The van der Waals surface area contributed by atoms with E-state index in [1.807, 2.05) is 12.1 Å². The van der Waals surface area contributed by atoms with Crippen LogP contribution in [0.3, 0.4) is 0 Å². The van der Waals surface area contributed by atoms with Crippen molar-refractivity contribution in [3.63, 3.8) is 0 Å². The molecule has 7 heteroatoms. The van der Waals surface area contributed by atoms with Crippen LogP contribution < -0.4 is 4.74 Å². The highest BCUT2D eigenvalue weighted by Crippen LogP contribution is 2.48. The first-order valence-corrected chi connectivity index (χ1v) is 10.3. The molecule has 3 N–H and O–H groups in total. The fourth-order valence-corrected chi connectivity index (χ4v) is 4.80. The fourth-order valence-electron chi connectivity index (χ4n) is 4.80. The van der Waals surface area contributed by atoms with Crippen LogP contribution in [0.25, 0.3) is 0 Å². The summed E-state index contributed by atoms with van der Waals surface area (Å²) in [6.45, 7) is 1.36. The van der Waals surface area contributed by atoms with Gasteiger partial charge < -0.3 is 24.8 Å². The van der Waals surface area contributed by atoms with Crippen molar-refractivity contribution in [1.29, 1.82) is 0 Å². The highest BCUT2D eigenvalue weighted by atomic mass is 16.6. The maximum Gasteiger partial charge on any atom is 0.344 e. The Hall–Kier alpha value is -2.12. The van der Waals surface area contributed by atoms with Crippen LogP contribution in [0.15, 0.2) is 18.2 Å². The molecule has 0 aliphatic heterocycles. The van der Waals surface area contributed by atoms with Crippen LogP contribution in [0, 0.1) is 17.8 Å². The normalized spacial score (nSPS) is 26.3. The number of hydrogen-bond donors (Lipinski definition) is 3. The molecule has 1 aromatic carbocycles. The first-order valence-electron chi connectivity index (χ1n) is 10.3. The van der Waals surface area contributed by atoms with E-state index in [4.69, 9.17) is 14.6 Å². The smallest absolute Gasteiger partial charge is 0.344 e. The summed E-state index contributed by atoms with van der Waals surface area (Å²) in [5.74, 6) is 0.00811. The van der Waals surface area contributed by atoms with Crippen molar-refractivity contribution in [3.05, 3.63) is 29.3 Å². The highest BCUT2D eigenvalue weighted by molar-refractivity contribution is 5.72. The zero-order valence-electron chi connectivity index (χ0n) is 16.8. The summed E-state index contributed by atoms with van der Waals surface area (Å²) in [6, 6.07) is 5.81. The molecule has 29 heavy (non-hydrogen) atoms. The topological polar surface area (TPSA) is 113 Å². The van der Waals surface area contributed by atoms with Gasteiger partial charge in [-0.2, -0.15) is 0 Å². The Morgan fingerprint density at radius 3 is 2.79 bits per heavy atom. The summed E-state index contributed by atoms with van der Waals surface area (Å²) in [7, 11) is 0. The van der Waals surface area contributed by atoms with Crippen molar-refractivity contribution in [2.45, 2.75) is 57.7 Å². The van der Waals surface area contributed by atoms with Gasteiger partial charge in [-0.05, 0) is 74.0 Å². The summed E-state index contributed by atoms with van der Waals surface area (Å²) < 4.78 is 10.6. The number of aliphatic hydroxyl groups excluding tert-OH is 2. The Labute approximate surface area is 170 Å². The van der Waals surface area contributed by atoms with Crippen molar-refractivity contribution in [2.75, 3.05) is 13.2 Å². The second-order valence-corrected chi connectivity index (χ2v) is 8.27. The molecule has 2 aliphatic carbocycles. The van der Waals surface area contributed by atoms with Gasteiger partial charge in [-0.15, -0.1) is 0 Å². The molecule has 0 unspecified atom stereocenters. The zero-order valence-corrected chi connectivity index (χ0v) is 16.8. The quantitative estimate of drug-likeness (QED) is 0.537. The molecular weight excluding hydrogens is 376 g/mol. The molecule has 1 saturated carbocycles. The molecule has 160 valence electrons. The predicted octanol–water partition coefficient (Wildman–Crippen LogP) is 1.96. The predicted molar refractivity (Wildman–Crippen MR) is 105 cm³/mol. The SMILES string of the molecule is C[C@H](O)CC[C@@H]1[C@H]2Cc3cccc(OCC(=O)OCCC(=O)O)c3C[C@H]2C[C@H]1O. The van der Waals surface area contributed by atoms with Gasteiger partial charge in [0.05, 0.1) is 18.6 Å². The van der Waals surface area contributed by atoms with E-state index in [-0.39, 0.29) is 37.8 Å². The molecule has 0 radical (unpaired) electrons. The van der Waals surface area contributed by atoms with Crippen LogP contribution >= 0.6 is 0 Å². The zero-order chi connectivity index (χ0) is 21.0. The molecule has 0 saturated heterocycles. The van der Waals surface area contributed by atoms with Crippen LogP contribution in [0.1, 0.15) is 43.7 Å². The molecule has 2 aliphatic rings. The number of carboxylic acids is 1. The van der Waals surface area contributed by atoms with E-state index in [9.17, 15) is 19.8 Å². The third kappa shape index (κ3) is 5.48. The van der Waals surface area contributed by atoms with E-state index in [0.29, 0.717) is 24.0 Å². The molecule has 1 aromatic rings. The number of ether oxygens (including phenoxy) is 2. The molecule has 3 rings (SSSR count). The second kappa shape index (κ2) is 9.59. The Balaban J connectivity index is 1.62. The lowest BCUT2D eigenvalue weighted by atomic mass is 9.73. The number of benzene rings is 1. The van der Waals surface area contributed by atoms with Crippen molar-refractivity contribution >= 4 is 11.9 Å². The van der Waals surface area contributed by atoms with Gasteiger partial charge in [-0.25, -0.2) is 4.79 Å². The number of rotatable bonds is 9. The molecule has 0 aromatic heterocycles. The Morgan fingerprint density at radius 2 is 2.07 bits per heavy atom. The van der Waals surface area contributed by atoms with E-state index >= 15 is 0 Å². The Bertz CT molecular complexity index is 730. The molecule has 1 fully saturated rings. The van der Waals surface area contributed by atoms with Crippen LogP contribution in [-0.4, -0.2) is 52.7 Å². The maximum absolute atomic E-state index is 11.8. The average Bonchev–Trinajstić information content (AvgIpc) is 2.96. The number of aliphatic hydroxyl groups is 2.